The Morgan fingerprint density at radius 2 is 2.22 bits per heavy atom. The minimum atomic E-state index is -1.45. The van der Waals surface area contributed by atoms with Gasteiger partial charge in [0, 0.05) is 31.3 Å². The molecule has 4 rings (SSSR count). The zero-order chi connectivity index (χ0) is 25.8. The highest BCUT2D eigenvalue weighted by molar-refractivity contribution is 5.80. The maximum atomic E-state index is 14.7. The number of hydrogen-bond donors (Lipinski definition) is 2. The maximum Gasteiger partial charge on any atom is 0.251 e. The number of amides is 1. The molecule has 1 fully saturated rings. The van der Waals surface area contributed by atoms with Crippen LogP contribution in [0.15, 0.2) is 30.7 Å². The largest absolute Gasteiger partial charge is 0.486 e. The number of carbonyl (C=O) groups excluding carboxylic acids is 1. The molecule has 3 atom stereocenters. The van der Waals surface area contributed by atoms with E-state index in [1.807, 2.05) is 20.0 Å². The molecule has 1 unspecified atom stereocenters. The second kappa shape index (κ2) is 10.7. The molecule has 188 valence electrons. The van der Waals surface area contributed by atoms with Gasteiger partial charge in [0.15, 0.2) is 12.0 Å². The van der Waals surface area contributed by atoms with Crippen molar-refractivity contribution in [3.8, 4) is 23.2 Å². The molecule has 0 radical (unpaired) electrons. The maximum absolute atomic E-state index is 14.7. The predicted octanol–water partition coefficient (Wildman–Crippen LogP) is 2.38. The van der Waals surface area contributed by atoms with Crippen LogP contribution in [0.3, 0.4) is 0 Å². The highest BCUT2D eigenvalue weighted by Crippen LogP contribution is 2.28. The van der Waals surface area contributed by atoms with E-state index < -0.39 is 24.3 Å². The molecule has 1 aliphatic rings. The zero-order valence-electron chi connectivity index (χ0n) is 20.2. The number of likely N-dealkylation sites (tertiary alicyclic amines) is 1. The molecule has 36 heavy (non-hydrogen) atoms. The smallest absolute Gasteiger partial charge is 0.251 e. The number of carbonyl (C=O) groups is 1. The van der Waals surface area contributed by atoms with Crippen LogP contribution in [0, 0.1) is 18.3 Å². The molecule has 1 saturated heterocycles. The second-order valence-corrected chi connectivity index (χ2v) is 8.49. The van der Waals surface area contributed by atoms with Gasteiger partial charge in [0.25, 0.3) is 5.91 Å². The number of rotatable bonds is 7. The average molecular weight is 495 g/mol. The van der Waals surface area contributed by atoms with E-state index in [0.29, 0.717) is 17.3 Å². The summed E-state index contributed by atoms with van der Waals surface area (Å²) in [6.45, 7) is 6.04. The van der Waals surface area contributed by atoms with Gasteiger partial charge in [-0.1, -0.05) is 0 Å². The van der Waals surface area contributed by atoms with Gasteiger partial charge in [-0.2, -0.15) is 15.3 Å². The number of benzene rings is 1. The van der Waals surface area contributed by atoms with Crippen molar-refractivity contribution in [3.63, 3.8) is 0 Å². The summed E-state index contributed by atoms with van der Waals surface area (Å²) in [5.74, 6) is 0.402. The molecule has 2 aromatic heterocycles. The third-order valence-corrected chi connectivity index (χ3v) is 5.88. The van der Waals surface area contributed by atoms with Crippen LogP contribution in [0.4, 0.5) is 16.0 Å². The number of ether oxygens (including phenoxy) is 1. The molecule has 11 nitrogen and oxygen atoms in total. The van der Waals surface area contributed by atoms with Crippen molar-refractivity contribution in [2.75, 3.05) is 18.4 Å². The molecule has 2 N–H and O–H groups in total. The Bertz CT molecular complexity index is 1290. The molecule has 3 aromatic rings. The van der Waals surface area contributed by atoms with Crippen molar-refractivity contribution in [3.05, 3.63) is 42.0 Å². The molecule has 1 aromatic carbocycles. The van der Waals surface area contributed by atoms with Crippen LogP contribution >= 0.6 is 0 Å². The molecule has 1 aliphatic heterocycles. The van der Waals surface area contributed by atoms with Gasteiger partial charge in [-0.15, -0.1) is 0 Å². The Balaban J connectivity index is 1.49. The van der Waals surface area contributed by atoms with Gasteiger partial charge in [0.1, 0.15) is 30.4 Å². The Morgan fingerprint density at radius 1 is 1.42 bits per heavy atom. The van der Waals surface area contributed by atoms with Crippen molar-refractivity contribution < 1.29 is 19.0 Å². The quantitative estimate of drug-likeness (QED) is 0.506. The molecular formula is C24H27FN8O3. The van der Waals surface area contributed by atoms with Crippen LogP contribution in [0.5, 0.6) is 5.75 Å². The van der Waals surface area contributed by atoms with E-state index >= 15 is 0 Å². The average Bonchev–Trinajstić information content (AvgIpc) is 3.24. The summed E-state index contributed by atoms with van der Waals surface area (Å²) in [5.41, 5.74) is 2.35. The topological polar surface area (TPSA) is 142 Å². The number of anilines is 2. The van der Waals surface area contributed by atoms with Crippen LogP contribution in [-0.2, 0) is 11.3 Å². The molecule has 0 bridgehead atoms. The normalized spacial score (nSPS) is 18.4. The summed E-state index contributed by atoms with van der Waals surface area (Å²) >= 11 is 0. The van der Waals surface area contributed by atoms with Gasteiger partial charge in [-0.05, 0) is 39.0 Å². The van der Waals surface area contributed by atoms with Crippen LogP contribution in [0.1, 0.15) is 31.5 Å². The van der Waals surface area contributed by atoms with Gasteiger partial charge < -0.3 is 20.1 Å². The number of aliphatic hydroxyl groups is 1. The van der Waals surface area contributed by atoms with E-state index in [-0.39, 0.29) is 30.8 Å². The first kappa shape index (κ1) is 25.0. The molecule has 0 spiro atoms. The Labute approximate surface area is 207 Å². The number of halogens is 1. The summed E-state index contributed by atoms with van der Waals surface area (Å²) in [7, 11) is 0. The molecule has 0 saturated carbocycles. The first-order valence-electron chi connectivity index (χ1n) is 11.6. The Kier molecular flexibility index (Phi) is 7.40. The molecule has 1 amide bonds. The van der Waals surface area contributed by atoms with E-state index in [4.69, 9.17) is 4.74 Å². The standard InChI is InChI=1S/C24H27FN8O3/c1-4-33-12-19(14(2)31-33)29-24-28-13-27-22(30-24)16-5-6-20(17(9-16)10-26)36-21-7-8-32(11-18(21)25)23(35)15(3)34/h5-6,9,12-13,15,18,21,34H,4,7-8,11H2,1-3H3,(H,27,28,29,30)/t15?,18-,21+/m1/s1. The van der Waals surface area contributed by atoms with Crippen LogP contribution in [0.2, 0.25) is 0 Å². The van der Waals surface area contributed by atoms with E-state index in [2.05, 4.69) is 31.4 Å². The van der Waals surface area contributed by atoms with Crippen LogP contribution < -0.4 is 10.1 Å². The Hall–Kier alpha value is -4.11. The lowest BCUT2D eigenvalue weighted by atomic mass is 10.0. The lowest BCUT2D eigenvalue weighted by Gasteiger charge is -2.35. The van der Waals surface area contributed by atoms with Crippen molar-refractivity contribution in [1.29, 1.82) is 5.26 Å². The van der Waals surface area contributed by atoms with Gasteiger partial charge in [-0.25, -0.2) is 14.4 Å². The number of alkyl halides is 1. The number of aromatic nitrogens is 5. The lowest BCUT2D eigenvalue weighted by molar-refractivity contribution is -0.143. The highest BCUT2D eigenvalue weighted by atomic mass is 19.1. The van der Waals surface area contributed by atoms with Gasteiger partial charge in [0.2, 0.25) is 5.95 Å². The minimum absolute atomic E-state index is 0.175. The molecule has 0 aliphatic carbocycles. The third kappa shape index (κ3) is 5.41. The van der Waals surface area contributed by atoms with E-state index in [9.17, 15) is 19.6 Å². The molecule has 12 heteroatoms. The van der Waals surface area contributed by atoms with Crippen molar-refractivity contribution in [2.24, 2.45) is 0 Å². The highest BCUT2D eigenvalue weighted by Gasteiger charge is 2.34. The SMILES string of the molecule is CCn1cc(Nc2ncnc(-c3ccc(O[C@H]4CCN(C(=O)C(C)O)C[C@H]4F)c(C#N)c3)n2)c(C)n1. The third-order valence-electron chi connectivity index (χ3n) is 5.88. The molecule has 3 heterocycles. The van der Waals surface area contributed by atoms with Gasteiger partial charge in [-0.3, -0.25) is 9.48 Å². The van der Waals surface area contributed by atoms with Gasteiger partial charge in [0.05, 0.1) is 23.5 Å². The number of nitrogens with zero attached hydrogens (tertiary/aromatic N) is 7. The monoisotopic (exact) mass is 494 g/mol. The van der Waals surface area contributed by atoms with E-state index in [0.717, 1.165) is 17.9 Å². The zero-order valence-corrected chi connectivity index (χ0v) is 20.2. The summed E-state index contributed by atoms with van der Waals surface area (Å²) < 4.78 is 22.4. The van der Waals surface area contributed by atoms with Crippen molar-refractivity contribution in [2.45, 2.75) is 52.1 Å². The Morgan fingerprint density at radius 3 is 2.89 bits per heavy atom. The van der Waals surface area contributed by atoms with Crippen molar-refractivity contribution in [1.82, 2.24) is 29.6 Å². The fourth-order valence-electron chi connectivity index (χ4n) is 3.92. The first-order chi connectivity index (χ1) is 17.3. The number of aliphatic hydroxyl groups excluding tert-OH is 1. The summed E-state index contributed by atoms with van der Waals surface area (Å²) in [6.07, 6.45) is 0.0180. The number of piperidine rings is 1. The van der Waals surface area contributed by atoms with Gasteiger partial charge >= 0.3 is 0 Å². The fraction of sp³-hybridized carbons (Fsp3) is 0.417. The molecular weight excluding hydrogens is 467 g/mol. The van der Waals surface area contributed by atoms with Crippen LogP contribution in [-0.4, -0.2) is 72.1 Å². The summed E-state index contributed by atoms with van der Waals surface area (Å²) in [5, 5.41) is 26.7. The number of nitrogens with one attached hydrogen (secondary N) is 1. The van der Waals surface area contributed by atoms with Crippen molar-refractivity contribution >= 4 is 17.5 Å². The van der Waals surface area contributed by atoms with E-state index in [1.54, 1.807) is 22.9 Å². The number of hydrogen-bond acceptors (Lipinski definition) is 9. The number of nitriles is 1. The van der Waals surface area contributed by atoms with E-state index in [1.165, 1.54) is 18.2 Å². The second-order valence-electron chi connectivity index (χ2n) is 8.49. The summed E-state index contributed by atoms with van der Waals surface area (Å²) in [4.78, 5) is 26.1. The fourth-order valence-corrected chi connectivity index (χ4v) is 3.92. The number of aryl methyl sites for hydroxylation is 2. The van der Waals surface area contributed by atoms with Crippen LogP contribution in [0.25, 0.3) is 11.4 Å². The summed E-state index contributed by atoms with van der Waals surface area (Å²) in [6, 6.07) is 6.93. The predicted molar refractivity (Wildman–Crippen MR) is 128 cm³/mol. The first-order valence-corrected chi connectivity index (χ1v) is 11.6. The lowest BCUT2D eigenvalue weighted by Crippen LogP contribution is -2.51. The minimum Gasteiger partial charge on any atom is -0.486 e.